The molecule has 1 atom stereocenters. The highest BCUT2D eigenvalue weighted by molar-refractivity contribution is 7.91. The summed E-state index contributed by atoms with van der Waals surface area (Å²) in [5.41, 5.74) is 1.17. The van der Waals surface area contributed by atoms with E-state index in [0.29, 0.717) is 25.3 Å². The molecule has 1 aromatic rings. The quantitative estimate of drug-likeness (QED) is 0.589. The summed E-state index contributed by atoms with van der Waals surface area (Å²) in [5.74, 6) is 2.37. The number of hydrogen-bond donors (Lipinski definition) is 1. The van der Waals surface area contributed by atoms with Crippen molar-refractivity contribution in [3.05, 3.63) is 29.8 Å². The molecule has 0 amide bonds. The summed E-state index contributed by atoms with van der Waals surface area (Å²) in [6, 6.07) is 8.05. The number of aliphatic imine (C=N–C) groups is 1. The van der Waals surface area contributed by atoms with Gasteiger partial charge in [-0.15, -0.1) is 0 Å². The first-order valence-electron chi connectivity index (χ1n) is 8.85. The van der Waals surface area contributed by atoms with Crippen LogP contribution in [-0.4, -0.2) is 57.5 Å². The van der Waals surface area contributed by atoms with Crippen LogP contribution in [0.5, 0.6) is 5.75 Å². The Morgan fingerprint density at radius 2 is 2.04 bits per heavy atom. The molecule has 140 valence electrons. The Morgan fingerprint density at radius 3 is 2.60 bits per heavy atom. The second kappa shape index (κ2) is 9.08. The van der Waals surface area contributed by atoms with Gasteiger partial charge in [-0.3, -0.25) is 4.99 Å². The van der Waals surface area contributed by atoms with Crippen LogP contribution in [0.15, 0.2) is 29.3 Å². The molecule has 0 bridgehead atoms. The predicted molar refractivity (Wildman–Crippen MR) is 102 cm³/mol. The van der Waals surface area contributed by atoms with Crippen LogP contribution >= 0.6 is 0 Å². The molecule has 2 rings (SSSR count). The third-order valence-electron chi connectivity index (χ3n) is 4.18. The summed E-state index contributed by atoms with van der Waals surface area (Å²) in [4.78, 5) is 6.70. The van der Waals surface area contributed by atoms with Crippen molar-refractivity contribution >= 4 is 15.8 Å². The average Bonchev–Trinajstić information content (AvgIpc) is 2.92. The van der Waals surface area contributed by atoms with Crippen molar-refractivity contribution in [1.82, 2.24) is 10.2 Å². The van der Waals surface area contributed by atoms with Crippen molar-refractivity contribution in [1.29, 1.82) is 0 Å². The maximum absolute atomic E-state index is 11.6. The lowest BCUT2D eigenvalue weighted by Gasteiger charge is -2.22. The van der Waals surface area contributed by atoms with Gasteiger partial charge in [-0.25, -0.2) is 8.42 Å². The van der Waals surface area contributed by atoms with E-state index in [2.05, 4.69) is 27.3 Å². The number of nitrogens with one attached hydrogen (secondary N) is 1. The first kappa shape index (κ1) is 19.6. The molecule has 25 heavy (non-hydrogen) atoms. The van der Waals surface area contributed by atoms with Crippen LogP contribution in [0.2, 0.25) is 0 Å². The van der Waals surface area contributed by atoms with E-state index < -0.39 is 9.84 Å². The Labute approximate surface area is 151 Å². The van der Waals surface area contributed by atoms with Gasteiger partial charge in [-0.1, -0.05) is 12.1 Å². The number of hydrogen-bond acceptors (Lipinski definition) is 4. The molecule has 7 heteroatoms. The molecule has 6 nitrogen and oxygen atoms in total. The number of ether oxygens (including phenoxy) is 1. The van der Waals surface area contributed by atoms with Crippen molar-refractivity contribution < 1.29 is 13.2 Å². The average molecular weight is 368 g/mol. The van der Waals surface area contributed by atoms with Crippen LogP contribution in [0.3, 0.4) is 0 Å². The van der Waals surface area contributed by atoms with Crippen molar-refractivity contribution in [2.45, 2.75) is 26.8 Å². The Hall–Kier alpha value is -1.76. The van der Waals surface area contributed by atoms with Gasteiger partial charge in [0.05, 0.1) is 18.1 Å². The number of guanidine groups is 1. The summed E-state index contributed by atoms with van der Waals surface area (Å²) in [7, 11) is -0.859. The summed E-state index contributed by atoms with van der Waals surface area (Å²) < 4.78 is 28.6. The zero-order valence-electron chi connectivity index (χ0n) is 15.4. The SMILES string of the molecule is CCNC(=NCC1CCS(=O)(=O)C1)N(C)Cc1ccc(OCC)cc1. The standard InChI is InChI=1S/C18H29N3O3S/c1-4-19-18(20-12-16-10-11-25(22,23)14-16)21(3)13-15-6-8-17(9-7-15)24-5-2/h6-9,16H,4-5,10-14H2,1-3H3,(H,19,20). The fourth-order valence-electron chi connectivity index (χ4n) is 2.91. The van der Waals surface area contributed by atoms with Gasteiger partial charge in [0.15, 0.2) is 15.8 Å². The van der Waals surface area contributed by atoms with Gasteiger partial charge < -0.3 is 15.0 Å². The smallest absolute Gasteiger partial charge is 0.193 e. The molecule has 1 N–H and O–H groups in total. The van der Waals surface area contributed by atoms with Crippen molar-refractivity contribution in [3.8, 4) is 5.75 Å². The van der Waals surface area contributed by atoms with Gasteiger partial charge in [0.2, 0.25) is 0 Å². The monoisotopic (exact) mass is 367 g/mol. The predicted octanol–water partition coefficient (Wildman–Crippen LogP) is 1.92. The summed E-state index contributed by atoms with van der Waals surface area (Å²) >= 11 is 0. The normalized spacial score (nSPS) is 19.6. The molecule has 0 aromatic heterocycles. The Balaban J connectivity index is 1.96. The van der Waals surface area contributed by atoms with E-state index in [1.807, 2.05) is 33.0 Å². The fraction of sp³-hybridized carbons (Fsp3) is 0.611. The topological polar surface area (TPSA) is 71.0 Å². The molecule has 1 unspecified atom stereocenters. The van der Waals surface area contributed by atoms with Crippen LogP contribution in [0.25, 0.3) is 0 Å². The lowest BCUT2D eigenvalue weighted by atomic mass is 10.1. The minimum absolute atomic E-state index is 0.137. The Morgan fingerprint density at radius 1 is 1.32 bits per heavy atom. The largest absolute Gasteiger partial charge is 0.494 e. The third kappa shape index (κ3) is 6.23. The first-order valence-corrected chi connectivity index (χ1v) is 10.7. The highest BCUT2D eigenvalue weighted by atomic mass is 32.2. The van der Waals surface area contributed by atoms with Gasteiger partial charge >= 0.3 is 0 Å². The van der Waals surface area contributed by atoms with Gasteiger partial charge in [-0.05, 0) is 43.9 Å². The molecular formula is C18H29N3O3S. The molecule has 0 saturated carbocycles. The third-order valence-corrected chi connectivity index (χ3v) is 6.01. The fourth-order valence-corrected chi connectivity index (χ4v) is 4.76. The lowest BCUT2D eigenvalue weighted by molar-refractivity contribution is 0.340. The summed E-state index contributed by atoms with van der Waals surface area (Å²) in [6.07, 6.45) is 0.716. The van der Waals surface area contributed by atoms with E-state index in [1.54, 1.807) is 0 Å². The number of rotatable bonds is 7. The van der Waals surface area contributed by atoms with E-state index in [9.17, 15) is 8.42 Å². The minimum atomic E-state index is -2.85. The molecular weight excluding hydrogens is 338 g/mol. The zero-order chi connectivity index (χ0) is 18.3. The van der Waals surface area contributed by atoms with E-state index in [1.165, 1.54) is 5.56 Å². The molecule has 0 aliphatic carbocycles. The van der Waals surface area contributed by atoms with Gasteiger partial charge in [-0.2, -0.15) is 0 Å². The maximum Gasteiger partial charge on any atom is 0.193 e. The number of benzene rings is 1. The zero-order valence-corrected chi connectivity index (χ0v) is 16.2. The van der Waals surface area contributed by atoms with Crippen molar-refractivity contribution in [2.24, 2.45) is 10.9 Å². The van der Waals surface area contributed by atoms with Crippen LogP contribution in [0.1, 0.15) is 25.8 Å². The van der Waals surface area contributed by atoms with Crippen molar-refractivity contribution in [3.63, 3.8) is 0 Å². The van der Waals surface area contributed by atoms with Crippen LogP contribution in [-0.2, 0) is 16.4 Å². The second-order valence-electron chi connectivity index (χ2n) is 6.40. The number of sulfone groups is 1. The molecule has 1 fully saturated rings. The summed E-state index contributed by atoms with van der Waals surface area (Å²) in [6.45, 7) is 6.70. The second-order valence-corrected chi connectivity index (χ2v) is 8.63. The van der Waals surface area contributed by atoms with Crippen LogP contribution < -0.4 is 10.1 Å². The molecule has 0 radical (unpaired) electrons. The Kier molecular flexibility index (Phi) is 7.11. The molecule has 1 saturated heterocycles. The first-order chi connectivity index (χ1) is 11.9. The highest BCUT2D eigenvalue weighted by Crippen LogP contribution is 2.19. The summed E-state index contributed by atoms with van der Waals surface area (Å²) in [5, 5.41) is 3.28. The number of nitrogens with zero attached hydrogens (tertiary/aromatic N) is 2. The van der Waals surface area contributed by atoms with Gasteiger partial charge in [0.1, 0.15) is 5.75 Å². The lowest BCUT2D eigenvalue weighted by Crippen LogP contribution is -2.38. The van der Waals surface area contributed by atoms with Crippen LogP contribution in [0, 0.1) is 5.92 Å². The molecule has 1 aliphatic heterocycles. The molecule has 1 aromatic carbocycles. The van der Waals surface area contributed by atoms with Gasteiger partial charge in [0, 0.05) is 26.7 Å². The highest BCUT2D eigenvalue weighted by Gasteiger charge is 2.27. The minimum Gasteiger partial charge on any atom is -0.494 e. The van der Waals surface area contributed by atoms with E-state index in [-0.39, 0.29) is 11.7 Å². The van der Waals surface area contributed by atoms with Gasteiger partial charge in [0.25, 0.3) is 0 Å². The van der Waals surface area contributed by atoms with E-state index in [0.717, 1.165) is 24.8 Å². The van der Waals surface area contributed by atoms with E-state index >= 15 is 0 Å². The van der Waals surface area contributed by atoms with E-state index in [4.69, 9.17) is 4.74 Å². The Bertz CT molecular complexity index is 671. The maximum atomic E-state index is 11.6. The molecule has 1 aliphatic rings. The van der Waals surface area contributed by atoms with Crippen LogP contribution in [0.4, 0.5) is 0 Å². The molecule has 1 heterocycles. The molecule has 0 spiro atoms. The van der Waals surface area contributed by atoms with Crippen molar-refractivity contribution in [2.75, 3.05) is 38.2 Å².